The molecule has 1 aromatic carbocycles. The number of esters is 1. The van der Waals surface area contributed by atoms with E-state index in [-0.39, 0.29) is 5.52 Å². The Morgan fingerprint density at radius 1 is 1.30 bits per heavy atom. The Morgan fingerprint density at radius 3 is 2.65 bits per heavy atom. The number of hydrogen-bond acceptors (Lipinski definition) is 6. The number of hydrogen-bond donors (Lipinski definition) is 0. The number of aromatic nitrogens is 5. The van der Waals surface area contributed by atoms with Gasteiger partial charge in [0, 0.05) is 5.02 Å². The lowest BCUT2D eigenvalue weighted by Gasteiger charge is -2.11. The fraction of sp³-hybridized carbons (Fsp3) is 0.214. The summed E-state index contributed by atoms with van der Waals surface area (Å²) in [7, 11) is 1.26. The largest absolute Gasteiger partial charge is 0.467 e. The summed E-state index contributed by atoms with van der Waals surface area (Å²) in [6.07, 6.45) is 1.28. The molecule has 3 aromatic rings. The molecule has 0 radical (unpaired) electrons. The molecule has 2 heterocycles. The highest BCUT2D eigenvalue weighted by molar-refractivity contribution is 6.30. The summed E-state index contributed by atoms with van der Waals surface area (Å²) in [5.41, 5.74) is 0.569. The second-order valence-electron chi connectivity index (χ2n) is 4.81. The highest BCUT2D eigenvalue weighted by Gasteiger charge is 2.20. The molecular weight excluding hydrogens is 322 g/mol. The topological polar surface area (TPSA) is 91.9 Å². The van der Waals surface area contributed by atoms with E-state index in [2.05, 4.69) is 20.0 Å². The Labute approximate surface area is 135 Å². The molecule has 118 valence electrons. The number of nitrogens with zero attached hydrogens (tertiary/aromatic N) is 5. The molecule has 0 aliphatic carbocycles. The molecule has 0 unspecified atom stereocenters. The van der Waals surface area contributed by atoms with E-state index in [9.17, 15) is 9.59 Å². The van der Waals surface area contributed by atoms with E-state index in [0.29, 0.717) is 16.4 Å². The lowest BCUT2D eigenvalue weighted by molar-refractivity contribution is -0.144. The number of methoxy groups -OCH3 is 1. The monoisotopic (exact) mass is 333 g/mol. The van der Waals surface area contributed by atoms with Crippen LogP contribution in [0.1, 0.15) is 13.0 Å². The second kappa shape index (κ2) is 5.81. The Hall–Kier alpha value is -2.74. The molecule has 0 fully saturated rings. The van der Waals surface area contributed by atoms with Crippen LogP contribution in [0.25, 0.3) is 16.9 Å². The first-order valence-electron chi connectivity index (χ1n) is 6.69. The minimum absolute atomic E-state index is 0.0678. The highest BCUT2D eigenvalue weighted by atomic mass is 35.5. The van der Waals surface area contributed by atoms with E-state index in [0.717, 1.165) is 4.57 Å². The maximum atomic E-state index is 12.5. The van der Waals surface area contributed by atoms with Gasteiger partial charge in [0.05, 0.1) is 12.8 Å². The number of benzene rings is 1. The van der Waals surface area contributed by atoms with Crippen molar-refractivity contribution in [3.63, 3.8) is 0 Å². The number of ether oxygens (including phenoxy) is 1. The molecular formula is C14H12ClN5O3. The fourth-order valence-corrected chi connectivity index (χ4v) is 2.26. The van der Waals surface area contributed by atoms with Crippen LogP contribution in [0.15, 0.2) is 35.4 Å². The molecule has 8 nitrogen and oxygen atoms in total. The number of carbonyl (C=O) groups excluding carboxylic acids is 1. The fourth-order valence-electron chi connectivity index (χ4n) is 2.14. The Kier molecular flexibility index (Phi) is 3.83. The summed E-state index contributed by atoms with van der Waals surface area (Å²) in [6.45, 7) is 1.55. The average molecular weight is 334 g/mol. The van der Waals surface area contributed by atoms with Crippen molar-refractivity contribution in [2.75, 3.05) is 7.11 Å². The molecule has 0 N–H and O–H groups in total. The smallest absolute Gasteiger partial charge is 0.328 e. The molecule has 0 bridgehead atoms. The quantitative estimate of drug-likeness (QED) is 0.672. The van der Waals surface area contributed by atoms with Crippen molar-refractivity contribution in [2.24, 2.45) is 0 Å². The van der Waals surface area contributed by atoms with Crippen molar-refractivity contribution >= 4 is 28.7 Å². The number of rotatable bonds is 3. The Balaban J connectivity index is 2.13. The zero-order chi connectivity index (χ0) is 16.6. The third-order valence-corrected chi connectivity index (χ3v) is 3.67. The summed E-state index contributed by atoms with van der Waals surface area (Å²) in [4.78, 5) is 28.3. The van der Waals surface area contributed by atoms with Gasteiger partial charge >= 0.3 is 5.97 Å². The van der Waals surface area contributed by atoms with Crippen molar-refractivity contribution < 1.29 is 9.53 Å². The van der Waals surface area contributed by atoms with Gasteiger partial charge < -0.3 is 4.74 Å². The van der Waals surface area contributed by atoms with Crippen LogP contribution in [0.3, 0.4) is 0 Å². The van der Waals surface area contributed by atoms with E-state index < -0.39 is 17.6 Å². The van der Waals surface area contributed by atoms with Gasteiger partial charge in [-0.05, 0) is 31.2 Å². The molecule has 0 aliphatic heterocycles. The third kappa shape index (κ3) is 2.57. The van der Waals surface area contributed by atoms with Crippen molar-refractivity contribution in [2.45, 2.75) is 13.0 Å². The van der Waals surface area contributed by atoms with Gasteiger partial charge in [-0.25, -0.2) is 9.78 Å². The van der Waals surface area contributed by atoms with Crippen molar-refractivity contribution in [1.29, 1.82) is 0 Å². The van der Waals surface area contributed by atoms with Crippen LogP contribution in [-0.4, -0.2) is 37.6 Å². The molecule has 0 amide bonds. The molecule has 2 aromatic heterocycles. The first kappa shape index (κ1) is 15.2. The van der Waals surface area contributed by atoms with Crippen LogP contribution in [0.2, 0.25) is 5.02 Å². The van der Waals surface area contributed by atoms with Gasteiger partial charge in [-0.2, -0.15) is 4.68 Å². The van der Waals surface area contributed by atoms with Gasteiger partial charge in [-0.3, -0.25) is 9.36 Å². The van der Waals surface area contributed by atoms with Gasteiger partial charge in [-0.1, -0.05) is 16.8 Å². The lowest BCUT2D eigenvalue weighted by atomic mass is 10.3. The van der Waals surface area contributed by atoms with E-state index in [1.54, 1.807) is 31.2 Å². The first-order chi connectivity index (χ1) is 11.0. The average Bonchev–Trinajstić information content (AvgIpc) is 2.99. The zero-order valence-electron chi connectivity index (χ0n) is 12.3. The molecule has 9 heteroatoms. The minimum Gasteiger partial charge on any atom is -0.467 e. The van der Waals surface area contributed by atoms with Gasteiger partial charge in [0.15, 0.2) is 11.2 Å². The zero-order valence-corrected chi connectivity index (χ0v) is 13.1. The van der Waals surface area contributed by atoms with Gasteiger partial charge in [0.25, 0.3) is 5.56 Å². The number of carbonyl (C=O) groups is 1. The molecule has 0 spiro atoms. The Morgan fingerprint density at radius 2 is 2.00 bits per heavy atom. The second-order valence-corrected chi connectivity index (χ2v) is 5.24. The van der Waals surface area contributed by atoms with E-state index in [4.69, 9.17) is 11.6 Å². The Bertz CT molecular complexity index is 932. The van der Waals surface area contributed by atoms with Crippen molar-refractivity contribution in [3.05, 3.63) is 46.0 Å². The van der Waals surface area contributed by atoms with Gasteiger partial charge in [0.1, 0.15) is 12.4 Å². The van der Waals surface area contributed by atoms with E-state index in [1.165, 1.54) is 18.1 Å². The molecule has 1 atom stereocenters. The predicted molar refractivity (Wildman–Crippen MR) is 82.7 cm³/mol. The summed E-state index contributed by atoms with van der Waals surface area (Å²) >= 11 is 5.86. The summed E-state index contributed by atoms with van der Waals surface area (Å²) < 4.78 is 7.23. The maximum absolute atomic E-state index is 12.5. The van der Waals surface area contributed by atoms with E-state index in [1.807, 2.05) is 0 Å². The van der Waals surface area contributed by atoms with Crippen LogP contribution in [-0.2, 0) is 9.53 Å². The number of fused-ring (bicyclic) bond motifs is 1. The highest BCUT2D eigenvalue weighted by Crippen LogP contribution is 2.16. The predicted octanol–water partition coefficient (Wildman–Crippen LogP) is 1.36. The standard InChI is InChI=1S/C14H12ClN5O3/c1-8(14(22)23-2)19-7-16-12-11(13(19)21)17-18-20(12)10-5-3-9(15)4-6-10/h3-8H,1-2H3/t8-/m1/s1. The van der Waals surface area contributed by atoms with Crippen LogP contribution in [0.4, 0.5) is 0 Å². The lowest BCUT2D eigenvalue weighted by Crippen LogP contribution is -2.29. The molecule has 3 rings (SSSR count). The molecule has 0 saturated heterocycles. The van der Waals surface area contributed by atoms with Crippen molar-refractivity contribution in [3.8, 4) is 5.69 Å². The van der Waals surface area contributed by atoms with Crippen LogP contribution < -0.4 is 5.56 Å². The van der Waals surface area contributed by atoms with Crippen LogP contribution in [0, 0.1) is 0 Å². The van der Waals surface area contributed by atoms with Gasteiger partial charge in [0.2, 0.25) is 0 Å². The molecule has 0 saturated carbocycles. The third-order valence-electron chi connectivity index (χ3n) is 3.42. The molecule has 23 heavy (non-hydrogen) atoms. The van der Waals surface area contributed by atoms with Crippen LogP contribution in [0.5, 0.6) is 0 Å². The maximum Gasteiger partial charge on any atom is 0.328 e. The minimum atomic E-state index is -0.801. The normalized spacial score (nSPS) is 12.3. The first-order valence-corrected chi connectivity index (χ1v) is 7.07. The summed E-state index contributed by atoms with van der Waals surface area (Å²) in [5, 5.41) is 8.41. The number of halogens is 1. The molecule has 0 aliphatic rings. The van der Waals surface area contributed by atoms with Gasteiger partial charge in [-0.15, -0.1) is 5.10 Å². The van der Waals surface area contributed by atoms with E-state index >= 15 is 0 Å². The SMILES string of the molecule is COC(=O)[C@@H](C)n1cnc2c(nnn2-c2ccc(Cl)cc2)c1=O. The van der Waals surface area contributed by atoms with Crippen molar-refractivity contribution in [1.82, 2.24) is 24.5 Å². The van der Waals surface area contributed by atoms with Crippen LogP contribution >= 0.6 is 11.6 Å². The summed E-state index contributed by atoms with van der Waals surface area (Å²) in [6, 6.07) is 6.07. The summed E-state index contributed by atoms with van der Waals surface area (Å²) in [5.74, 6) is -0.543.